The van der Waals surface area contributed by atoms with Gasteiger partial charge in [-0.15, -0.1) is 0 Å². The van der Waals surface area contributed by atoms with Gasteiger partial charge in [0.1, 0.15) is 5.69 Å². The van der Waals surface area contributed by atoms with Gasteiger partial charge in [0.25, 0.3) is 0 Å². The minimum absolute atomic E-state index is 0.0127. The van der Waals surface area contributed by atoms with Crippen LogP contribution in [0.25, 0.3) is 0 Å². The molecule has 26 heavy (non-hydrogen) atoms. The van der Waals surface area contributed by atoms with Gasteiger partial charge in [-0.1, -0.05) is 12.1 Å². The number of aromatic carboxylic acids is 1. The van der Waals surface area contributed by atoms with Crippen LogP contribution in [0.4, 0.5) is 19.1 Å². The van der Waals surface area contributed by atoms with Crippen molar-refractivity contribution in [3.8, 4) is 0 Å². The van der Waals surface area contributed by atoms with E-state index in [1.54, 1.807) is 12.1 Å². The molecule has 1 heterocycles. The maximum Gasteiger partial charge on any atom is 0.433 e. The van der Waals surface area contributed by atoms with E-state index < -0.39 is 17.8 Å². The maximum atomic E-state index is 12.5. The summed E-state index contributed by atoms with van der Waals surface area (Å²) < 4.78 is 37.6. The number of anilines is 1. The van der Waals surface area contributed by atoms with Crippen LogP contribution < -0.4 is 10.6 Å². The van der Waals surface area contributed by atoms with E-state index in [4.69, 9.17) is 5.11 Å². The lowest BCUT2D eigenvalue weighted by Gasteiger charge is -2.09. The zero-order valence-electron chi connectivity index (χ0n) is 13.4. The van der Waals surface area contributed by atoms with Gasteiger partial charge in [0.15, 0.2) is 0 Å². The van der Waals surface area contributed by atoms with E-state index in [-0.39, 0.29) is 36.9 Å². The maximum absolute atomic E-state index is 12.5. The Morgan fingerprint density at radius 3 is 2.62 bits per heavy atom. The topological polar surface area (TPSA) is 104 Å². The molecule has 0 aliphatic rings. The molecule has 3 N–H and O–H groups in total. The SMILES string of the molecule is O=C(Cc1cccc(C(=O)O)c1)NCCNc1nccc(C(F)(F)F)n1. The van der Waals surface area contributed by atoms with Gasteiger partial charge in [-0.05, 0) is 23.8 Å². The summed E-state index contributed by atoms with van der Waals surface area (Å²) in [4.78, 5) is 29.7. The second kappa shape index (κ2) is 8.28. The van der Waals surface area contributed by atoms with Gasteiger partial charge in [-0.2, -0.15) is 13.2 Å². The Labute approximate surface area is 146 Å². The van der Waals surface area contributed by atoms with E-state index in [0.29, 0.717) is 5.56 Å². The number of hydrogen-bond donors (Lipinski definition) is 3. The normalized spacial score (nSPS) is 11.0. The first-order valence-corrected chi connectivity index (χ1v) is 7.49. The average Bonchev–Trinajstić information content (AvgIpc) is 2.58. The molecule has 0 radical (unpaired) electrons. The summed E-state index contributed by atoms with van der Waals surface area (Å²) in [6.45, 7) is 0.263. The predicted molar refractivity (Wildman–Crippen MR) is 85.6 cm³/mol. The lowest BCUT2D eigenvalue weighted by molar-refractivity contribution is -0.141. The van der Waals surface area contributed by atoms with Crippen LogP contribution in [0.2, 0.25) is 0 Å². The van der Waals surface area contributed by atoms with E-state index in [1.807, 2.05) is 0 Å². The smallest absolute Gasteiger partial charge is 0.433 e. The predicted octanol–water partition coefficient (Wildman–Crippen LogP) is 1.96. The van der Waals surface area contributed by atoms with Crippen molar-refractivity contribution < 1.29 is 27.9 Å². The highest BCUT2D eigenvalue weighted by atomic mass is 19.4. The molecular formula is C16H15F3N4O3. The molecule has 10 heteroatoms. The van der Waals surface area contributed by atoms with Crippen molar-refractivity contribution in [2.24, 2.45) is 0 Å². The average molecular weight is 368 g/mol. The number of hydrogen-bond acceptors (Lipinski definition) is 5. The number of carboxylic acids is 1. The summed E-state index contributed by atoms with van der Waals surface area (Å²) in [5.41, 5.74) is -0.437. The summed E-state index contributed by atoms with van der Waals surface area (Å²) >= 11 is 0. The Balaban J connectivity index is 1.79. The highest BCUT2D eigenvalue weighted by molar-refractivity contribution is 5.88. The van der Waals surface area contributed by atoms with Crippen LogP contribution in [0.15, 0.2) is 36.5 Å². The molecule has 7 nitrogen and oxygen atoms in total. The molecule has 2 aromatic rings. The van der Waals surface area contributed by atoms with E-state index in [9.17, 15) is 22.8 Å². The molecule has 0 bridgehead atoms. The van der Waals surface area contributed by atoms with E-state index in [0.717, 1.165) is 12.3 Å². The van der Waals surface area contributed by atoms with Gasteiger partial charge in [-0.25, -0.2) is 14.8 Å². The largest absolute Gasteiger partial charge is 0.478 e. The monoisotopic (exact) mass is 368 g/mol. The van der Waals surface area contributed by atoms with E-state index >= 15 is 0 Å². The van der Waals surface area contributed by atoms with E-state index in [1.165, 1.54) is 12.1 Å². The van der Waals surface area contributed by atoms with Crippen molar-refractivity contribution in [3.63, 3.8) is 0 Å². The summed E-state index contributed by atoms with van der Waals surface area (Å²) in [5.74, 6) is -1.62. The highest BCUT2D eigenvalue weighted by Gasteiger charge is 2.32. The molecule has 0 aliphatic heterocycles. The summed E-state index contributed by atoms with van der Waals surface area (Å²) in [6, 6.07) is 6.75. The van der Waals surface area contributed by atoms with Crippen LogP contribution in [0, 0.1) is 0 Å². The second-order valence-electron chi connectivity index (χ2n) is 5.22. The molecule has 1 aromatic carbocycles. The number of benzene rings is 1. The number of rotatable bonds is 7. The van der Waals surface area contributed by atoms with Gasteiger partial charge in [0.05, 0.1) is 12.0 Å². The first-order chi connectivity index (χ1) is 12.3. The van der Waals surface area contributed by atoms with Crippen LogP contribution in [0.5, 0.6) is 0 Å². The molecule has 1 aromatic heterocycles. The van der Waals surface area contributed by atoms with Crippen LogP contribution in [-0.2, 0) is 17.4 Å². The van der Waals surface area contributed by atoms with Gasteiger partial charge in [0, 0.05) is 19.3 Å². The molecule has 0 fully saturated rings. The Morgan fingerprint density at radius 2 is 1.92 bits per heavy atom. The minimum atomic E-state index is -4.56. The Kier molecular flexibility index (Phi) is 6.10. The second-order valence-corrected chi connectivity index (χ2v) is 5.22. The lowest BCUT2D eigenvalue weighted by atomic mass is 10.1. The third kappa shape index (κ3) is 5.72. The molecular weight excluding hydrogens is 353 g/mol. The van der Waals surface area contributed by atoms with Gasteiger partial charge < -0.3 is 15.7 Å². The summed E-state index contributed by atoms with van der Waals surface area (Å²) in [6.07, 6.45) is -3.58. The third-order valence-electron chi connectivity index (χ3n) is 3.21. The Morgan fingerprint density at radius 1 is 1.15 bits per heavy atom. The molecule has 138 valence electrons. The van der Waals surface area contributed by atoms with E-state index in [2.05, 4.69) is 20.6 Å². The van der Waals surface area contributed by atoms with Crippen LogP contribution in [-0.4, -0.2) is 40.0 Å². The van der Waals surface area contributed by atoms with Gasteiger partial charge in [0.2, 0.25) is 11.9 Å². The molecule has 0 aliphatic carbocycles. The molecule has 1 amide bonds. The summed E-state index contributed by atoms with van der Waals surface area (Å²) in [7, 11) is 0. The van der Waals surface area contributed by atoms with Crippen molar-refractivity contribution in [3.05, 3.63) is 53.3 Å². The molecule has 0 saturated heterocycles. The van der Waals surface area contributed by atoms with Gasteiger partial charge >= 0.3 is 12.1 Å². The summed E-state index contributed by atoms with van der Waals surface area (Å²) in [5, 5.41) is 14.1. The molecule has 0 atom stereocenters. The first-order valence-electron chi connectivity index (χ1n) is 7.49. The number of alkyl halides is 3. The highest BCUT2D eigenvalue weighted by Crippen LogP contribution is 2.27. The zero-order valence-corrected chi connectivity index (χ0v) is 13.4. The Bertz CT molecular complexity index is 796. The van der Waals surface area contributed by atoms with Crippen LogP contribution >= 0.6 is 0 Å². The number of halogens is 3. The number of nitrogens with one attached hydrogen (secondary N) is 2. The molecule has 0 unspecified atom stereocenters. The third-order valence-corrected chi connectivity index (χ3v) is 3.21. The fourth-order valence-corrected chi connectivity index (χ4v) is 2.04. The number of amides is 1. The molecule has 0 spiro atoms. The van der Waals surface area contributed by atoms with Crippen LogP contribution in [0.1, 0.15) is 21.6 Å². The van der Waals surface area contributed by atoms with Crippen molar-refractivity contribution >= 4 is 17.8 Å². The van der Waals surface area contributed by atoms with Crippen molar-refractivity contribution in [2.75, 3.05) is 18.4 Å². The van der Waals surface area contributed by atoms with Crippen LogP contribution in [0.3, 0.4) is 0 Å². The zero-order chi connectivity index (χ0) is 19.2. The van der Waals surface area contributed by atoms with Crippen molar-refractivity contribution in [1.29, 1.82) is 0 Å². The number of carbonyl (C=O) groups excluding carboxylic acids is 1. The molecule has 2 rings (SSSR count). The fraction of sp³-hybridized carbons (Fsp3) is 0.250. The van der Waals surface area contributed by atoms with Crippen molar-refractivity contribution in [2.45, 2.75) is 12.6 Å². The minimum Gasteiger partial charge on any atom is -0.478 e. The fourth-order valence-electron chi connectivity index (χ4n) is 2.04. The number of nitrogens with zero attached hydrogens (tertiary/aromatic N) is 2. The number of aromatic nitrogens is 2. The van der Waals surface area contributed by atoms with Gasteiger partial charge in [-0.3, -0.25) is 4.79 Å². The molecule has 0 saturated carbocycles. The lowest BCUT2D eigenvalue weighted by Crippen LogP contribution is -2.30. The number of carbonyl (C=O) groups is 2. The first kappa shape index (κ1) is 19.2. The quantitative estimate of drug-likeness (QED) is 0.646. The number of carboxylic acid groups (broad SMARTS) is 1. The Hall–Kier alpha value is -3.17. The van der Waals surface area contributed by atoms with Crippen molar-refractivity contribution in [1.82, 2.24) is 15.3 Å². The standard InChI is InChI=1S/C16H15F3N4O3/c17-16(18,19)12-4-5-21-15(23-12)22-7-6-20-13(24)9-10-2-1-3-11(8-10)14(25)26/h1-5,8H,6-7,9H2,(H,20,24)(H,25,26)(H,21,22,23).